The molecule has 0 N–H and O–H groups in total. The summed E-state index contributed by atoms with van der Waals surface area (Å²) in [6.07, 6.45) is 0. The molecule has 7 aromatic rings. The van der Waals surface area contributed by atoms with Crippen LogP contribution in [0.4, 0.5) is 0 Å². The second-order valence-electron chi connectivity index (χ2n) is 8.37. The van der Waals surface area contributed by atoms with Crippen LogP contribution in [-0.4, -0.2) is 4.57 Å². The summed E-state index contributed by atoms with van der Waals surface area (Å²) in [5.74, 6) is 0. The Morgan fingerprint density at radius 3 is 2.00 bits per heavy atom. The molecule has 7 rings (SSSR count). The second-order valence-corrected chi connectivity index (χ2v) is 10.7. The van der Waals surface area contributed by atoms with Gasteiger partial charge in [-0.05, 0) is 94.4 Å². The van der Waals surface area contributed by atoms with Gasteiger partial charge in [-0.1, -0.05) is 48.5 Å². The van der Waals surface area contributed by atoms with E-state index in [-0.39, 0.29) is 0 Å². The van der Waals surface area contributed by atoms with E-state index in [0.717, 1.165) is 0 Å². The molecule has 0 aliphatic heterocycles. The van der Waals surface area contributed by atoms with Gasteiger partial charge in [0.05, 0.1) is 11.0 Å². The maximum atomic E-state index is 2.41. The fourth-order valence-corrected chi connectivity index (χ4v) is 6.51. The van der Waals surface area contributed by atoms with Gasteiger partial charge < -0.3 is 4.57 Å². The van der Waals surface area contributed by atoms with Crippen molar-refractivity contribution in [1.29, 1.82) is 0 Å². The molecule has 0 aliphatic rings. The topological polar surface area (TPSA) is 4.93 Å². The van der Waals surface area contributed by atoms with Crippen molar-refractivity contribution < 1.29 is 0 Å². The Morgan fingerprint density at radius 1 is 0.515 bits per heavy atom. The lowest BCUT2D eigenvalue weighted by Gasteiger charge is -2.08. The third kappa shape index (κ3) is 3.03. The molecule has 0 bridgehead atoms. The van der Waals surface area contributed by atoms with E-state index in [9.17, 15) is 0 Å². The average Bonchev–Trinajstić information content (AvgIpc) is 3.39. The van der Waals surface area contributed by atoms with Crippen LogP contribution in [-0.2, 0) is 0 Å². The molecular formula is C30H18INS. The van der Waals surface area contributed by atoms with Gasteiger partial charge in [0.1, 0.15) is 0 Å². The standard InChI is InChI=1S/C30H18INS/c31-21-12-14-28-25(18-21)24-16-19(10-13-27(24)32(28)22-6-2-1-3-7-22)20-11-15-30-26(17-20)23-8-4-5-9-29(23)33-30/h1-18H. The quantitative estimate of drug-likeness (QED) is 0.189. The monoisotopic (exact) mass is 551 g/mol. The molecule has 2 heterocycles. The summed E-state index contributed by atoms with van der Waals surface area (Å²) in [5, 5.41) is 5.27. The van der Waals surface area contributed by atoms with E-state index in [1.165, 1.54) is 62.4 Å². The molecule has 0 amide bonds. The van der Waals surface area contributed by atoms with Gasteiger partial charge >= 0.3 is 0 Å². The Bertz CT molecular complexity index is 1830. The van der Waals surface area contributed by atoms with Gasteiger partial charge in [0, 0.05) is 40.2 Å². The van der Waals surface area contributed by atoms with Crippen molar-refractivity contribution in [2.75, 3.05) is 0 Å². The van der Waals surface area contributed by atoms with Crippen molar-refractivity contribution in [3.63, 3.8) is 0 Å². The molecule has 0 atom stereocenters. The van der Waals surface area contributed by atoms with Crippen molar-refractivity contribution in [1.82, 2.24) is 4.57 Å². The highest BCUT2D eigenvalue weighted by molar-refractivity contribution is 14.1. The first-order valence-corrected chi connectivity index (χ1v) is 12.9. The van der Waals surface area contributed by atoms with Crippen LogP contribution in [0, 0.1) is 3.57 Å². The molecule has 2 aromatic heterocycles. The summed E-state index contributed by atoms with van der Waals surface area (Å²) in [7, 11) is 0. The first kappa shape index (κ1) is 19.3. The number of hydrogen-bond acceptors (Lipinski definition) is 1. The van der Waals surface area contributed by atoms with Crippen LogP contribution < -0.4 is 0 Å². The molecule has 0 aliphatic carbocycles. The molecule has 33 heavy (non-hydrogen) atoms. The predicted molar refractivity (Wildman–Crippen MR) is 152 cm³/mol. The Kier molecular flexibility index (Phi) is 4.36. The minimum absolute atomic E-state index is 1.19. The van der Waals surface area contributed by atoms with Crippen molar-refractivity contribution in [3.8, 4) is 16.8 Å². The third-order valence-corrected chi connectivity index (χ3v) is 8.27. The number of halogens is 1. The summed E-state index contributed by atoms with van der Waals surface area (Å²) in [6, 6.07) is 39.9. The third-order valence-electron chi connectivity index (χ3n) is 6.45. The summed E-state index contributed by atoms with van der Waals surface area (Å²) in [4.78, 5) is 0. The number of fused-ring (bicyclic) bond motifs is 6. The Labute approximate surface area is 209 Å². The molecule has 1 nitrogen and oxygen atoms in total. The van der Waals surface area contributed by atoms with Gasteiger partial charge in [0.2, 0.25) is 0 Å². The van der Waals surface area contributed by atoms with E-state index in [1.807, 2.05) is 11.3 Å². The van der Waals surface area contributed by atoms with E-state index >= 15 is 0 Å². The number of nitrogens with zero attached hydrogens (tertiary/aromatic N) is 1. The molecule has 0 saturated heterocycles. The molecule has 5 aromatic carbocycles. The SMILES string of the molecule is Ic1ccc2c(c1)c1cc(-c3ccc4sc5ccccc5c4c3)ccc1n2-c1ccccc1. The number of aromatic nitrogens is 1. The van der Waals surface area contributed by atoms with Gasteiger partial charge in [-0.3, -0.25) is 0 Å². The minimum Gasteiger partial charge on any atom is -0.309 e. The van der Waals surface area contributed by atoms with E-state index in [0.29, 0.717) is 0 Å². The first-order valence-electron chi connectivity index (χ1n) is 11.0. The van der Waals surface area contributed by atoms with Crippen LogP contribution in [0.2, 0.25) is 0 Å². The normalized spacial score (nSPS) is 11.8. The molecular weight excluding hydrogens is 533 g/mol. The summed E-state index contributed by atoms with van der Waals surface area (Å²) in [6.45, 7) is 0. The smallest absolute Gasteiger partial charge is 0.0541 e. The van der Waals surface area contributed by atoms with Crippen LogP contribution >= 0.6 is 33.9 Å². The van der Waals surface area contributed by atoms with E-state index in [2.05, 4.69) is 136 Å². The van der Waals surface area contributed by atoms with Gasteiger partial charge in [0.15, 0.2) is 0 Å². The van der Waals surface area contributed by atoms with E-state index in [4.69, 9.17) is 0 Å². The minimum atomic E-state index is 1.19. The fraction of sp³-hybridized carbons (Fsp3) is 0. The van der Waals surface area contributed by atoms with Gasteiger partial charge in [-0.15, -0.1) is 11.3 Å². The molecule has 0 unspecified atom stereocenters. The van der Waals surface area contributed by atoms with E-state index < -0.39 is 0 Å². The summed E-state index contributed by atoms with van der Waals surface area (Å²) in [5.41, 5.74) is 6.19. The van der Waals surface area contributed by atoms with Gasteiger partial charge in [-0.25, -0.2) is 0 Å². The maximum absolute atomic E-state index is 2.41. The van der Waals surface area contributed by atoms with Crippen LogP contribution in [0.15, 0.2) is 109 Å². The molecule has 0 saturated carbocycles. The Balaban J connectivity index is 1.50. The van der Waals surface area contributed by atoms with E-state index in [1.54, 1.807) is 0 Å². The van der Waals surface area contributed by atoms with Crippen molar-refractivity contribution in [2.45, 2.75) is 0 Å². The molecule has 0 fully saturated rings. The molecule has 0 radical (unpaired) electrons. The maximum Gasteiger partial charge on any atom is 0.0541 e. The number of rotatable bonds is 2. The predicted octanol–water partition coefficient (Wildman–Crippen LogP) is 9.42. The van der Waals surface area contributed by atoms with Crippen molar-refractivity contribution in [3.05, 3.63) is 113 Å². The number of benzene rings is 5. The Morgan fingerprint density at radius 2 is 1.15 bits per heavy atom. The van der Waals surface area contributed by atoms with Crippen LogP contribution in [0.3, 0.4) is 0 Å². The highest BCUT2D eigenvalue weighted by Gasteiger charge is 2.14. The zero-order valence-corrected chi connectivity index (χ0v) is 20.6. The zero-order chi connectivity index (χ0) is 21.9. The van der Waals surface area contributed by atoms with Crippen molar-refractivity contribution in [2.24, 2.45) is 0 Å². The average molecular weight is 551 g/mol. The number of thiophene rings is 1. The van der Waals surface area contributed by atoms with Crippen LogP contribution in [0.25, 0.3) is 58.8 Å². The summed E-state index contributed by atoms with van der Waals surface area (Å²) < 4.78 is 6.32. The van der Waals surface area contributed by atoms with Crippen LogP contribution in [0.1, 0.15) is 0 Å². The van der Waals surface area contributed by atoms with Gasteiger partial charge in [0.25, 0.3) is 0 Å². The van der Waals surface area contributed by atoms with Gasteiger partial charge in [-0.2, -0.15) is 0 Å². The molecule has 156 valence electrons. The van der Waals surface area contributed by atoms with Crippen LogP contribution in [0.5, 0.6) is 0 Å². The highest BCUT2D eigenvalue weighted by Crippen LogP contribution is 2.39. The lowest BCUT2D eigenvalue weighted by Crippen LogP contribution is -1.93. The number of hydrogen-bond donors (Lipinski definition) is 0. The second kappa shape index (κ2) is 7.44. The summed E-state index contributed by atoms with van der Waals surface area (Å²) >= 11 is 4.28. The first-order chi connectivity index (χ1) is 16.3. The van der Waals surface area contributed by atoms with Crippen molar-refractivity contribution >= 4 is 75.9 Å². The lowest BCUT2D eigenvalue weighted by molar-refractivity contribution is 1.18. The zero-order valence-electron chi connectivity index (χ0n) is 17.6. The molecule has 0 spiro atoms. The highest BCUT2D eigenvalue weighted by atomic mass is 127. The lowest BCUT2D eigenvalue weighted by atomic mass is 10.0. The largest absolute Gasteiger partial charge is 0.309 e. The fourth-order valence-electron chi connectivity index (χ4n) is 4.94. The molecule has 3 heteroatoms. The number of para-hydroxylation sites is 1. The Hall–Kier alpha value is -3.15.